The van der Waals surface area contributed by atoms with E-state index < -0.39 is 0 Å². The van der Waals surface area contributed by atoms with Gasteiger partial charge in [-0.3, -0.25) is 4.79 Å². The Hall–Kier alpha value is -1.95. The van der Waals surface area contributed by atoms with Crippen LogP contribution in [0.2, 0.25) is 0 Å². The lowest BCUT2D eigenvalue weighted by atomic mass is 10.00. The van der Waals surface area contributed by atoms with Gasteiger partial charge in [-0.2, -0.15) is 0 Å². The summed E-state index contributed by atoms with van der Waals surface area (Å²) < 4.78 is 17.3. The number of carbonyl (C=O) groups is 1. The fourth-order valence-electron chi connectivity index (χ4n) is 3.56. The van der Waals surface area contributed by atoms with Crippen LogP contribution >= 0.6 is 0 Å². The monoisotopic (exact) mass is 378 g/mol. The van der Waals surface area contributed by atoms with Crippen LogP contribution in [-0.4, -0.2) is 68.8 Å². The Morgan fingerprint density at radius 1 is 1.04 bits per heavy atom. The standard InChI is InChI=1S/C21H34N2O4/c1-6-25-18-13-16(14-19(26-7-2)20(18)27-8-3)21(24)23-12-10-9-11-17(23)15-22(4)5/h13-14,17H,6-12,15H2,1-5H3. The lowest BCUT2D eigenvalue weighted by molar-refractivity contribution is 0.0573. The van der Waals surface area contributed by atoms with Gasteiger partial charge in [-0.25, -0.2) is 0 Å². The van der Waals surface area contributed by atoms with Crippen molar-refractivity contribution in [3.63, 3.8) is 0 Å². The summed E-state index contributed by atoms with van der Waals surface area (Å²) >= 11 is 0. The highest BCUT2D eigenvalue weighted by molar-refractivity contribution is 5.96. The van der Waals surface area contributed by atoms with E-state index in [1.54, 1.807) is 12.1 Å². The highest BCUT2D eigenvalue weighted by atomic mass is 16.5. The van der Waals surface area contributed by atoms with E-state index in [1.165, 1.54) is 6.42 Å². The number of carbonyl (C=O) groups excluding carboxylic acids is 1. The number of ether oxygens (including phenoxy) is 3. The minimum absolute atomic E-state index is 0.0338. The molecule has 6 nitrogen and oxygen atoms in total. The molecule has 1 aromatic rings. The molecular weight excluding hydrogens is 344 g/mol. The summed E-state index contributed by atoms with van der Waals surface area (Å²) in [6.45, 7) is 8.92. The maximum atomic E-state index is 13.3. The van der Waals surface area contributed by atoms with Crippen molar-refractivity contribution in [2.75, 3.05) is 47.0 Å². The third kappa shape index (κ3) is 5.51. The molecule has 1 amide bonds. The van der Waals surface area contributed by atoms with Crippen molar-refractivity contribution in [2.24, 2.45) is 0 Å². The molecule has 0 saturated carbocycles. The van der Waals surface area contributed by atoms with Gasteiger partial charge in [-0.1, -0.05) is 0 Å². The predicted molar refractivity (Wildman–Crippen MR) is 107 cm³/mol. The van der Waals surface area contributed by atoms with E-state index in [9.17, 15) is 4.79 Å². The average molecular weight is 379 g/mol. The van der Waals surface area contributed by atoms with E-state index in [4.69, 9.17) is 14.2 Å². The largest absolute Gasteiger partial charge is 0.490 e. The Bertz CT molecular complexity index is 591. The number of piperidine rings is 1. The van der Waals surface area contributed by atoms with Crippen LogP contribution in [0, 0.1) is 0 Å². The fourth-order valence-corrected chi connectivity index (χ4v) is 3.56. The quantitative estimate of drug-likeness (QED) is 0.659. The molecule has 0 spiro atoms. The molecule has 0 aromatic heterocycles. The number of hydrogen-bond acceptors (Lipinski definition) is 5. The minimum atomic E-state index is 0.0338. The van der Waals surface area contributed by atoms with Crippen LogP contribution in [0.4, 0.5) is 0 Å². The number of hydrogen-bond donors (Lipinski definition) is 0. The molecule has 2 rings (SSSR count). The number of likely N-dealkylation sites (tertiary alicyclic amines) is 1. The smallest absolute Gasteiger partial charge is 0.254 e. The zero-order chi connectivity index (χ0) is 19.8. The Morgan fingerprint density at radius 3 is 2.15 bits per heavy atom. The number of benzene rings is 1. The SMILES string of the molecule is CCOc1cc(C(=O)N2CCCCC2CN(C)C)cc(OCC)c1OCC. The first-order valence-corrected chi connectivity index (χ1v) is 10.0. The second kappa shape index (κ2) is 10.4. The summed E-state index contributed by atoms with van der Waals surface area (Å²) in [5.74, 6) is 1.73. The van der Waals surface area contributed by atoms with Crippen LogP contribution in [0.1, 0.15) is 50.4 Å². The molecule has 1 fully saturated rings. The van der Waals surface area contributed by atoms with Gasteiger partial charge >= 0.3 is 0 Å². The van der Waals surface area contributed by atoms with E-state index in [0.29, 0.717) is 42.6 Å². The van der Waals surface area contributed by atoms with Gasteiger partial charge in [0.2, 0.25) is 5.75 Å². The van der Waals surface area contributed by atoms with Crippen LogP contribution in [0.3, 0.4) is 0 Å². The lowest BCUT2D eigenvalue weighted by Crippen LogP contribution is -2.48. The fraction of sp³-hybridized carbons (Fsp3) is 0.667. The van der Waals surface area contributed by atoms with E-state index in [1.807, 2.05) is 25.7 Å². The molecule has 0 N–H and O–H groups in total. The van der Waals surface area contributed by atoms with Gasteiger partial charge in [0, 0.05) is 24.7 Å². The predicted octanol–water partition coefficient (Wildman–Crippen LogP) is 3.44. The van der Waals surface area contributed by atoms with Crippen LogP contribution < -0.4 is 14.2 Å². The summed E-state index contributed by atoms with van der Waals surface area (Å²) in [6.07, 6.45) is 3.25. The van der Waals surface area contributed by atoms with Crippen LogP contribution in [0.25, 0.3) is 0 Å². The van der Waals surface area contributed by atoms with Crippen molar-refractivity contribution >= 4 is 5.91 Å². The first kappa shape index (κ1) is 21.4. The lowest BCUT2D eigenvalue weighted by Gasteiger charge is -2.37. The van der Waals surface area contributed by atoms with E-state index >= 15 is 0 Å². The third-order valence-electron chi connectivity index (χ3n) is 4.62. The average Bonchev–Trinajstić information content (AvgIpc) is 2.64. The Labute approximate surface area is 163 Å². The third-order valence-corrected chi connectivity index (χ3v) is 4.62. The maximum Gasteiger partial charge on any atom is 0.254 e. The van der Waals surface area contributed by atoms with Crippen molar-refractivity contribution in [3.05, 3.63) is 17.7 Å². The van der Waals surface area contributed by atoms with Gasteiger partial charge in [-0.05, 0) is 66.3 Å². The molecule has 1 aromatic carbocycles. The molecule has 6 heteroatoms. The second-order valence-corrected chi connectivity index (χ2v) is 7.01. The number of rotatable bonds is 9. The zero-order valence-electron chi connectivity index (χ0n) is 17.4. The van der Waals surface area contributed by atoms with Crippen molar-refractivity contribution in [3.8, 4) is 17.2 Å². The van der Waals surface area contributed by atoms with E-state index in [2.05, 4.69) is 19.0 Å². The van der Waals surface area contributed by atoms with Crippen molar-refractivity contribution < 1.29 is 19.0 Å². The van der Waals surface area contributed by atoms with Crippen molar-refractivity contribution in [1.82, 2.24) is 9.80 Å². The molecule has 0 radical (unpaired) electrons. The van der Waals surface area contributed by atoms with Crippen molar-refractivity contribution in [1.29, 1.82) is 0 Å². The molecule has 1 heterocycles. The van der Waals surface area contributed by atoms with Crippen molar-refractivity contribution in [2.45, 2.75) is 46.1 Å². The number of nitrogens with zero attached hydrogens (tertiary/aromatic N) is 2. The summed E-state index contributed by atoms with van der Waals surface area (Å²) in [4.78, 5) is 17.5. The minimum Gasteiger partial charge on any atom is -0.490 e. The van der Waals surface area contributed by atoms with Gasteiger partial charge in [0.1, 0.15) is 0 Å². The Balaban J connectivity index is 2.38. The second-order valence-electron chi connectivity index (χ2n) is 7.01. The Kier molecular flexibility index (Phi) is 8.23. The molecule has 0 aliphatic carbocycles. The molecule has 1 atom stereocenters. The first-order chi connectivity index (χ1) is 13.0. The first-order valence-electron chi connectivity index (χ1n) is 10.0. The molecule has 1 unspecified atom stereocenters. The van der Waals surface area contributed by atoms with Crippen LogP contribution in [0.5, 0.6) is 17.2 Å². The summed E-state index contributed by atoms with van der Waals surface area (Å²) in [7, 11) is 4.10. The summed E-state index contributed by atoms with van der Waals surface area (Å²) in [5.41, 5.74) is 0.594. The van der Waals surface area contributed by atoms with Gasteiger partial charge in [0.15, 0.2) is 11.5 Å². The summed E-state index contributed by atoms with van der Waals surface area (Å²) in [5, 5.41) is 0. The molecular formula is C21H34N2O4. The molecule has 0 bridgehead atoms. The van der Waals surface area contributed by atoms with Crippen LogP contribution in [-0.2, 0) is 0 Å². The molecule has 1 aliphatic heterocycles. The molecule has 27 heavy (non-hydrogen) atoms. The molecule has 1 saturated heterocycles. The van der Waals surface area contributed by atoms with E-state index in [0.717, 1.165) is 25.9 Å². The maximum absolute atomic E-state index is 13.3. The zero-order valence-corrected chi connectivity index (χ0v) is 17.4. The highest BCUT2D eigenvalue weighted by Crippen LogP contribution is 2.39. The number of amides is 1. The van der Waals surface area contributed by atoms with Gasteiger partial charge in [-0.15, -0.1) is 0 Å². The van der Waals surface area contributed by atoms with E-state index in [-0.39, 0.29) is 11.9 Å². The molecule has 1 aliphatic rings. The van der Waals surface area contributed by atoms with Gasteiger partial charge in [0.05, 0.1) is 19.8 Å². The highest BCUT2D eigenvalue weighted by Gasteiger charge is 2.29. The molecule has 152 valence electrons. The Morgan fingerprint density at radius 2 is 1.63 bits per heavy atom. The van der Waals surface area contributed by atoms with Gasteiger partial charge in [0.25, 0.3) is 5.91 Å². The normalized spacial score (nSPS) is 17.1. The van der Waals surface area contributed by atoms with Crippen LogP contribution in [0.15, 0.2) is 12.1 Å². The van der Waals surface area contributed by atoms with Gasteiger partial charge < -0.3 is 24.0 Å². The topological polar surface area (TPSA) is 51.2 Å². The number of likely N-dealkylation sites (N-methyl/N-ethyl adjacent to an activating group) is 1. The summed E-state index contributed by atoms with van der Waals surface area (Å²) in [6, 6.07) is 3.82.